The monoisotopic (exact) mass is 435 g/mol. The van der Waals surface area contributed by atoms with E-state index < -0.39 is 0 Å². The normalized spacial score (nSPS) is 19.8. The fraction of sp³-hybridized carbons (Fsp3) is 0.391. The summed E-state index contributed by atoms with van der Waals surface area (Å²) in [5, 5.41) is 3.64. The van der Waals surface area contributed by atoms with Crippen LogP contribution in [-0.4, -0.2) is 50.4 Å². The zero-order chi connectivity index (χ0) is 21.7. The standard InChI is InChI=1S/C23H25N5O2S/c1-13-20(31-14(2)25-13)23(30)28-16-9-10-17(28)12-27-18(11-16)19(22(29)24-3)26-21(27)15-7-5-4-6-8-15/h4-8,16-17H,9-12H2,1-3H3,(H,24,29)/t16-,17+/m0/s1. The third-order valence-electron chi connectivity index (χ3n) is 6.32. The molecule has 8 heteroatoms. The van der Waals surface area contributed by atoms with Gasteiger partial charge in [-0.3, -0.25) is 9.59 Å². The fourth-order valence-electron chi connectivity index (χ4n) is 4.95. The van der Waals surface area contributed by atoms with Crippen molar-refractivity contribution in [1.82, 2.24) is 24.8 Å². The molecule has 2 aliphatic rings. The lowest BCUT2D eigenvalue weighted by molar-refractivity contribution is 0.0670. The van der Waals surface area contributed by atoms with Gasteiger partial charge in [-0.2, -0.15) is 0 Å². The summed E-state index contributed by atoms with van der Waals surface area (Å²) < 4.78 is 2.16. The van der Waals surface area contributed by atoms with Crippen LogP contribution in [0.25, 0.3) is 11.4 Å². The van der Waals surface area contributed by atoms with Crippen LogP contribution in [-0.2, 0) is 13.0 Å². The molecule has 2 atom stereocenters. The van der Waals surface area contributed by atoms with Crippen LogP contribution in [0.1, 0.15) is 49.4 Å². The molecule has 2 bridgehead atoms. The maximum absolute atomic E-state index is 13.5. The Morgan fingerprint density at radius 2 is 1.84 bits per heavy atom. The summed E-state index contributed by atoms with van der Waals surface area (Å²) >= 11 is 1.47. The van der Waals surface area contributed by atoms with E-state index in [4.69, 9.17) is 4.98 Å². The van der Waals surface area contributed by atoms with Crippen molar-refractivity contribution in [2.45, 2.75) is 51.7 Å². The summed E-state index contributed by atoms with van der Waals surface area (Å²) in [7, 11) is 1.63. The number of nitrogens with one attached hydrogen (secondary N) is 1. The number of rotatable bonds is 3. The molecule has 3 aromatic rings. The van der Waals surface area contributed by atoms with Gasteiger partial charge in [-0.15, -0.1) is 11.3 Å². The highest BCUT2D eigenvalue weighted by Crippen LogP contribution is 2.37. The molecule has 5 rings (SSSR count). The quantitative estimate of drug-likeness (QED) is 0.685. The molecule has 1 saturated heterocycles. The molecule has 160 valence electrons. The summed E-state index contributed by atoms with van der Waals surface area (Å²) in [6.45, 7) is 4.48. The highest BCUT2D eigenvalue weighted by atomic mass is 32.1. The molecule has 0 saturated carbocycles. The van der Waals surface area contributed by atoms with Crippen molar-refractivity contribution in [3.8, 4) is 11.4 Å². The van der Waals surface area contributed by atoms with Crippen molar-refractivity contribution in [1.29, 1.82) is 0 Å². The molecule has 0 aliphatic carbocycles. The fourth-order valence-corrected chi connectivity index (χ4v) is 5.82. The van der Waals surface area contributed by atoms with Crippen LogP contribution < -0.4 is 5.32 Å². The van der Waals surface area contributed by atoms with Gasteiger partial charge in [0.2, 0.25) is 0 Å². The Morgan fingerprint density at radius 1 is 1.10 bits per heavy atom. The minimum absolute atomic E-state index is 0.0595. The number of aromatic nitrogens is 3. The summed E-state index contributed by atoms with van der Waals surface area (Å²) in [5.41, 5.74) is 3.16. The lowest BCUT2D eigenvalue weighted by Gasteiger charge is -2.28. The van der Waals surface area contributed by atoms with Gasteiger partial charge in [0, 0.05) is 31.6 Å². The smallest absolute Gasteiger partial charge is 0.271 e. The van der Waals surface area contributed by atoms with E-state index in [0.29, 0.717) is 18.7 Å². The Labute approximate surface area is 185 Å². The van der Waals surface area contributed by atoms with Gasteiger partial charge in [0.15, 0.2) is 0 Å². The molecule has 7 nitrogen and oxygen atoms in total. The highest BCUT2D eigenvalue weighted by molar-refractivity contribution is 7.13. The van der Waals surface area contributed by atoms with Crippen LogP contribution in [0.5, 0.6) is 0 Å². The Balaban J connectivity index is 1.58. The SMILES string of the molecule is CNC(=O)c1nc(-c2ccccc2)n2c1C[C@@H]1CC[C@H](C2)N1C(=O)c1sc(C)nc1C. The topological polar surface area (TPSA) is 80.1 Å². The third-order valence-corrected chi connectivity index (χ3v) is 7.38. The number of carbonyl (C=O) groups excluding carboxylic acids is 2. The van der Waals surface area contributed by atoms with Crippen molar-refractivity contribution in [3.05, 3.63) is 57.3 Å². The number of carbonyl (C=O) groups is 2. The van der Waals surface area contributed by atoms with E-state index in [1.165, 1.54) is 11.3 Å². The zero-order valence-electron chi connectivity index (χ0n) is 17.9. The Bertz CT molecular complexity index is 1170. The Hall–Kier alpha value is -3.00. The Kier molecular flexibility index (Phi) is 4.89. The van der Waals surface area contributed by atoms with Gasteiger partial charge in [0.25, 0.3) is 11.8 Å². The summed E-state index contributed by atoms with van der Waals surface area (Å²) in [4.78, 5) is 38.2. The first-order valence-corrected chi connectivity index (χ1v) is 11.4. The number of benzene rings is 1. The molecule has 2 amide bonds. The molecular weight excluding hydrogens is 410 g/mol. The van der Waals surface area contributed by atoms with E-state index in [9.17, 15) is 9.59 Å². The second kappa shape index (κ2) is 7.60. The van der Waals surface area contributed by atoms with E-state index in [1.54, 1.807) is 7.05 Å². The van der Waals surface area contributed by atoms with Gasteiger partial charge in [-0.05, 0) is 26.7 Å². The van der Waals surface area contributed by atoms with Gasteiger partial charge < -0.3 is 14.8 Å². The van der Waals surface area contributed by atoms with Crippen molar-refractivity contribution in [2.75, 3.05) is 7.05 Å². The maximum Gasteiger partial charge on any atom is 0.271 e. The van der Waals surface area contributed by atoms with Crippen molar-refractivity contribution in [2.24, 2.45) is 0 Å². The molecule has 0 radical (unpaired) electrons. The molecule has 1 N–H and O–H groups in total. The van der Waals surface area contributed by atoms with Crippen molar-refractivity contribution in [3.63, 3.8) is 0 Å². The first kappa shape index (κ1) is 19.9. The maximum atomic E-state index is 13.5. The largest absolute Gasteiger partial charge is 0.354 e. The van der Waals surface area contributed by atoms with Gasteiger partial charge >= 0.3 is 0 Å². The van der Waals surface area contributed by atoms with Crippen LogP contribution >= 0.6 is 11.3 Å². The van der Waals surface area contributed by atoms with E-state index in [-0.39, 0.29) is 23.9 Å². The van der Waals surface area contributed by atoms with Crippen LogP contribution in [0.15, 0.2) is 30.3 Å². The van der Waals surface area contributed by atoms with Gasteiger partial charge in [-0.1, -0.05) is 30.3 Å². The molecule has 1 fully saturated rings. The summed E-state index contributed by atoms with van der Waals surface area (Å²) in [6, 6.07) is 10.1. The summed E-state index contributed by atoms with van der Waals surface area (Å²) in [6.07, 6.45) is 2.52. The number of hydrogen-bond acceptors (Lipinski definition) is 5. The average Bonchev–Trinajstić information content (AvgIpc) is 3.39. The average molecular weight is 436 g/mol. The lowest BCUT2D eigenvalue weighted by atomic mass is 10.1. The van der Waals surface area contributed by atoms with Crippen LogP contribution in [0.3, 0.4) is 0 Å². The number of nitrogens with zero attached hydrogens (tertiary/aromatic N) is 4. The number of fused-ring (bicyclic) bond motifs is 3. The van der Waals surface area contributed by atoms with E-state index in [1.807, 2.05) is 44.2 Å². The van der Waals surface area contributed by atoms with Crippen LogP contribution in [0, 0.1) is 13.8 Å². The second-order valence-electron chi connectivity index (χ2n) is 8.24. The molecule has 4 heterocycles. The number of thiazole rings is 1. The molecule has 0 unspecified atom stereocenters. The van der Waals surface area contributed by atoms with Crippen LogP contribution in [0.2, 0.25) is 0 Å². The number of imidazole rings is 1. The van der Waals surface area contributed by atoms with Crippen molar-refractivity contribution >= 4 is 23.2 Å². The summed E-state index contributed by atoms with van der Waals surface area (Å²) in [5.74, 6) is 0.673. The first-order chi connectivity index (χ1) is 15.0. The third kappa shape index (κ3) is 3.26. The molecule has 31 heavy (non-hydrogen) atoms. The predicted octanol–water partition coefficient (Wildman–Crippen LogP) is 3.21. The van der Waals surface area contributed by atoms with E-state index in [0.717, 1.165) is 45.5 Å². The number of aryl methyl sites for hydroxylation is 2. The van der Waals surface area contributed by atoms with Gasteiger partial charge in [-0.25, -0.2) is 9.97 Å². The molecule has 1 aromatic carbocycles. The molecular formula is C23H25N5O2S. The van der Waals surface area contributed by atoms with Crippen LogP contribution in [0.4, 0.5) is 0 Å². The molecule has 0 spiro atoms. The second-order valence-corrected chi connectivity index (χ2v) is 9.44. The minimum Gasteiger partial charge on any atom is -0.354 e. The first-order valence-electron chi connectivity index (χ1n) is 10.6. The van der Waals surface area contributed by atoms with E-state index in [2.05, 4.69) is 19.8 Å². The predicted molar refractivity (Wildman–Crippen MR) is 119 cm³/mol. The van der Waals surface area contributed by atoms with E-state index >= 15 is 0 Å². The van der Waals surface area contributed by atoms with Gasteiger partial charge in [0.05, 0.1) is 22.4 Å². The number of amides is 2. The number of hydrogen-bond donors (Lipinski definition) is 1. The molecule has 2 aromatic heterocycles. The minimum atomic E-state index is -0.185. The van der Waals surface area contributed by atoms with Gasteiger partial charge in [0.1, 0.15) is 16.4 Å². The molecule has 2 aliphatic heterocycles. The highest BCUT2D eigenvalue weighted by Gasteiger charge is 2.43. The zero-order valence-corrected chi connectivity index (χ0v) is 18.7. The Morgan fingerprint density at radius 3 is 2.52 bits per heavy atom. The van der Waals surface area contributed by atoms with Crippen molar-refractivity contribution < 1.29 is 9.59 Å². The lowest BCUT2D eigenvalue weighted by Crippen LogP contribution is -2.42.